The minimum Gasteiger partial charge on any atom is -0.351 e. The number of urea groups is 1. The van der Waals surface area contributed by atoms with Gasteiger partial charge in [-0.15, -0.1) is 10.2 Å². The zero-order chi connectivity index (χ0) is 16.6. The Bertz CT molecular complexity index is 751. The number of nitrogens with zero attached hydrogens (tertiary/aromatic N) is 3. The average molecular weight is 334 g/mol. The molecule has 3 N–H and O–H groups in total. The molecule has 0 aliphatic heterocycles. The highest BCUT2D eigenvalue weighted by atomic mass is 35.5. The van der Waals surface area contributed by atoms with Crippen molar-refractivity contribution < 1.29 is 4.79 Å². The van der Waals surface area contributed by atoms with Gasteiger partial charge in [-0.1, -0.05) is 24.9 Å². The van der Waals surface area contributed by atoms with Gasteiger partial charge >= 0.3 is 6.03 Å². The second-order valence-corrected chi connectivity index (χ2v) is 6.53. The highest BCUT2D eigenvalue weighted by Crippen LogP contribution is 2.51. The van der Waals surface area contributed by atoms with Crippen molar-refractivity contribution in [1.82, 2.24) is 14.8 Å². The van der Waals surface area contributed by atoms with E-state index in [1.54, 1.807) is 12.1 Å². The zero-order valence-corrected chi connectivity index (χ0v) is 14.0. The third kappa shape index (κ3) is 2.91. The third-order valence-corrected chi connectivity index (χ3v) is 4.72. The van der Waals surface area contributed by atoms with Gasteiger partial charge in [-0.05, 0) is 37.5 Å². The maximum absolute atomic E-state index is 10.9. The highest BCUT2D eigenvalue weighted by Gasteiger charge is 2.47. The molecule has 1 fully saturated rings. The molecule has 0 saturated heterocycles. The lowest BCUT2D eigenvalue weighted by atomic mass is 10.00. The summed E-state index contributed by atoms with van der Waals surface area (Å²) >= 11 is 6.35. The topological polar surface area (TPSA) is 85.8 Å². The molecule has 7 heteroatoms. The second kappa shape index (κ2) is 5.85. The number of hydrogen-bond acceptors (Lipinski definition) is 3. The summed E-state index contributed by atoms with van der Waals surface area (Å²) < 4.78 is 2.03. The number of carbonyl (C=O) groups excluding carboxylic acids is 1. The minimum absolute atomic E-state index is 0.189. The van der Waals surface area contributed by atoms with E-state index >= 15 is 0 Å². The summed E-state index contributed by atoms with van der Waals surface area (Å²) in [5.74, 6) is 1.77. The fraction of sp³-hybridized carbons (Fsp3) is 0.438. The molecule has 1 heterocycles. The van der Waals surface area contributed by atoms with Crippen molar-refractivity contribution in [2.45, 2.75) is 38.0 Å². The van der Waals surface area contributed by atoms with E-state index in [0.717, 1.165) is 30.1 Å². The Morgan fingerprint density at radius 2 is 2.17 bits per heavy atom. The quantitative estimate of drug-likeness (QED) is 0.878. The Balaban J connectivity index is 1.94. The van der Waals surface area contributed by atoms with E-state index in [2.05, 4.69) is 22.4 Å². The van der Waals surface area contributed by atoms with Crippen LogP contribution in [0.4, 0.5) is 10.5 Å². The first-order chi connectivity index (χ1) is 11.0. The minimum atomic E-state index is -0.620. The lowest BCUT2D eigenvalue weighted by Crippen LogP contribution is -2.19. The van der Waals surface area contributed by atoms with Crippen molar-refractivity contribution in [1.29, 1.82) is 0 Å². The molecule has 0 atom stereocenters. The van der Waals surface area contributed by atoms with Gasteiger partial charge in [-0.2, -0.15) is 0 Å². The average Bonchev–Trinajstić information content (AvgIpc) is 3.15. The van der Waals surface area contributed by atoms with Gasteiger partial charge in [0.15, 0.2) is 5.82 Å². The van der Waals surface area contributed by atoms with Gasteiger partial charge in [-0.25, -0.2) is 4.79 Å². The Labute approximate surface area is 140 Å². The van der Waals surface area contributed by atoms with Gasteiger partial charge in [0, 0.05) is 23.7 Å². The molecule has 23 heavy (non-hydrogen) atoms. The van der Waals surface area contributed by atoms with Crippen molar-refractivity contribution in [3.8, 4) is 11.4 Å². The van der Waals surface area contributed by atoms with Crippen LogP contribution < -0.4 is 11.1 Å². The lowest BCUT2D eigenvalue weighted by molar-refractivity contribution is 0.259. The number of benzene rings is 1. The summed E-state index contributed by atoms with van der Waals surface area (Å²) in [4.78, 5) is 10.9. The number of nitrogens with one attached hydrogen (secondary N) is 1. The number of rotatable bonds is 5. The molecular formula is C16H20ClN5O. The number of amides is 2. The molecular weight excluding hydrogens is 314 g/mol. The fourth-order valence-corrected chi connectivity index (χ4v) is 3.42. The van der Waals surface area contributed by atoms with Crippen LogP contribution in [0.5, 0.6) is 0 Å². The van der Waals surface area contributed by atoms with Crippen molar-refractivity contribution in [2.24, 2.45) is 12.8 Å². The Hall–Kier alpha value is -2.08. The van der Waals surface area contributed by atoms with Crippen molar-refractivity contribution in [2.75, 3.05) is 5.32 Å². The molecule has 3 rings (SSSR count). The van der Waals surface area contributed by atoms with Crippen LogP contribution in [0, 0.1) is 0 Å². The van der Waals surface area contributed by atoms with Gasteiger partial charge in [0.25, 0.3) is 0 Å². The summed E-state index contributed by atoms with van der Waals surface area (Å²) in [5.41, 5.74) is 6.65. The molecule has 0 bridgehead atoms. The standard InChI is InChI=1S/C16H20ClN5O/c1-3-6-16(7-8-16)14-21-20-13(22(14)2)11-5-4-10(9-12(11)17)19-15(18)23/h4-5,9H,3,6-8H2,1-2H3,(H3,18,19,23). The summed E-state index contributed by atoms with van der Waals surface area (Å²) in [5, 5.41) is 11.8. The molecule has 2 amide bonds. The molecule has 1 aromatic heterocycles. The molecule has 1 saturated carbocycles. The molecule has 1 aliphatic carbocycles. The Kier molecular flexibility index (Phi) is 4.02. The third-order valence-electron chi connectivity index (χ3n) is 4.41. The molecule has 6 nitrogen and oxygen atoms in total. The number of nitrogens with two attached hydrogens (primary N) is 1. The van der Waals surface area contributed by atoms with Crippen LogP contribution in [-0.4, -0.2) is 20.8 Å². The van der Waals surface area contributed by atoms with Crippen LogP contribution in [0.3, 0.4) is 0 Å². The largest absolute Gasteiger partial charge is 0.351 e. The van der Waals surface area contributed by atoms with Gasteiger partial charge in [0.05, 0.1) is 5.02 Å². The monoisotopic (exact) mass is 333 g/mol. The fourth-order valence-electron chi connectivity index (χ4n) is 3.16. The Morgan fingerprint density at radius 1 is 1.43 bits per heavy atom. The van der Waals surface area contributed by atoms with E-state index in [0.29, 0.717) is 10.7 Å². The van der Waals surface area contributed by atoms with Crippen LogP contribution in [0.15, 0.2) is 18.2 Å². The van der Waals surface area contributed by atoms with Crippen LogP contribution in [0.1, 0.15) is 38.4 Å². The maximum Gasteiger partial charge on any atom is 0.316 e. The summed E-state index contributed by atoms with van der Waals surface area (Å²) in [7, 11) is 1.98. The van der Waals surface area contributed by atoms with Crippen LogP contribution in [0.2, 0.25) is 5.02 Å². The van der Waals surface area contributed by atoms with E-state index < -0.39 is 6.03 Å². The van der Waals surface area contributed by atoms with Crippen molar-refractivity contribution in [3.63, 3.8) is 0 Å². The smallest absolute Gasteiger partial charge is 0.316 e. The van der Waals surface area contributed by atoms with Crippen molar-refractivity contribution >= 4 is 23.3 Å². The number of halogens is 1. The van der Waals surface area contributed by atoms with Gasteiger partial charge in [0.1, 0.15) is 5.82 Å². The van der Waals surface area contributed by atoms with E-state index in [9.17, 15) is 4.79 Å². The first-order valence-corrected chi connectivity index (χ1v) is 8.11. The molecule has 1 aromatic carbocycles. The van der Waals surface area contributed by atoms with Crippen LogP contribution >= 0.6 is 11.6 Å². The number of primary amides is 1. The SMILES string of the molecule is CCCC1(c2nnc(-c3ccc(NC(N)=O)cc3Cl)n2C)CC1. The van der Waals surface area contributed by atoms with Crippen LogP contribution in [0.25, 0.3) is 11.4 Å². The Morgan fingerprint density at radius 3 is 2.74 bits per heavy atom. The molecule has 122 valence electrons. The number of aromatic nitrogens is 3. The predicted octanol–water partition coefficient (Wildman–Crippen LogP) is 3.46. The van der Waals surface area contributed by atoms with Crippen LogP contribution in [-0.2, 0) is 12.5 Å². The predicted molar refractivity (Wildman–Crippen MR) is 90.5 cm³/mol. The normalized spacial score (nSPS) is 15.4. The van der Waals surface area contributed by atoms with E-state index in [1.165, 1.54) is 12.8 Å². The summed E-state index contributed by atoms with van der Waals surface area (Å²) in [6, 6.07) is 4.61. The number of anilines is 1. The van der Waals surface area contributed by atoms with Gasteiger partial charge in [0.2, 0.25) is 0 Å². The lowest BCUT2D eigenvalue weighted by Gasteiger charge is -2.14. The summed E-state index contributed by atoms with van der Waals surface area (Å²) in [6.07, 6.45) is 4.61. The van der Waals surface area contributed by atoms with E-state index in [4.69, 9.17) is 17.3 Å². The van der Waals surface area contributed by atoms with E-state index in [-0.39, 0.29) is 5.41 Å². The highest BCUT2D eigenvalue weighted by molar-refractivity contribution is 6.33. The van der Waals surface area contributed by atoms with Gasteiger partial charge in [-0.3, -0.25) is 0 Å². The molecule has 1 aliphatic rings. The van der Waals surface area contributed by atoms with Gasteiger partial charge < -0.3 is 15.6 Å². The molecule has 0 spiro atoms. The first kappa shape index (κ1) is 15.8. The number of hydrogen-bond donors (Lipinski definition) is 2. The maximum atomic E-state index is 10.9. The first-order valence-electron chi connectivity index (χ1n) is 7.73. The second-order valence-electron chi connectivity index (χ2n) is 6.12. The number of carbonyl (C=O) groups is 1. The molecule has 0 radical (unpaired) electrons. The zero-order valence-electron chi connectivity index (χ0n) is 13.3. The van der Waals surface area contributed by atoms with Crippen molar-refractivity contribution in [3.05, 3.63) is 29.0 Å². The summed E-state index contributed by atoms with van der Waals surface area (Å²) in [6.45, 7) is 2.19. The molecule has 2 aromatic rings. The van der Waals surface area contributed by atoms with E-state index in [1.807, 2.05) is 17.7 Å². The molecule has 0 unspecified atom stereocenters.